The molecule has 0 saturated carbocycles. The molecule has 9 heteroatoms. The lowest BCUT2D eigenvalue weighted by Gasteiger charge is -2.23. The van der Waals surface area contributed by atoms with Gasteiger partial charge in [-0.05, 0) is 56.9 Å². The lowest BCUT2D eigenvalue weighted by Crippen LogP contribution is -2.33. The van der Waals surface area contributed by atoms with Crippen molar-refractivity contribution in [3.05, 3.63) is 35.4 Å². The van der Waals surface area contributed by atoms with Crippen LogP contribution >= 0.6 is 0 Å². The molecule has 1 amide bonds. The van der Waals surface area contributed by atoms with Crippen molar-refractivity contribution >= 4 is 21.6 Å². The van der Waals surface area contributed by atoms with Crippen LogP contribution in [0.5, 0.6) is 0 Å². The number of hydrogen-bond acceptors (Lipinski definition) is 5. The van der Waals surface area contributed by atoms with E-state index >= 15 is 0 Å². The summed E-state index contributed by atoms with van der Waals surface area (Å²) in [6.07, 6.45) is 2.19. The zero-order valence-electron chi connectivity index (χ0n) is 15.6. The molecule has 2 aromatic rings. The number of hydrogen-bond donors (Lipinski definition) is 1. The number of anilines is 1. The van der Waals surface area contributed by atoms with Crippen molar-refractivity contribution in [2.24, 2.45) is 0 Å². The van der Waals surface area contributed by atoms with Crippen molar-refractivity contribution in [3.63, 3.8) is 0 Å². The second kappa shape index (κ2) is 6.42. The zero-order chi connectivity index (χ0) is 19.3. The number of amides is 1. The Kier molecular flexibility index (Phi) is 4.31. The van der Waals surface area contributed by atoms with Gasteiger partial charge >= 0.3 is 0 Å². The average Bonchev–Trinajstić information content (AvgIpc) is 3.12. The molecule has 1 N–H and O–H groups in total. The van der Waals surface area contributed by atoms with Crippen LogP contribution in [0.3, 0.4) is 0 Å². The third-order valence-electron chi connectivity index (χ3n) is 5.19. The van der Waals surface area contributed by atoms with E-state index in [1.54, 1.807) is 34.7 Å². The third-order valence-corrected chi connectivity index (χ3v) is 6.66. The maximum Gasteiger partial charge on any atom is 0.241 e. The molecule has 2 aliphatic heterocycles. The fourth-order valence-electron chi connectivity index (χ4n) is 4.09. The van der Waals surface area contributed by atoms with Gasteiger partial charge in [0, 0.05) is 25.2 Å². The summed E-state index contributed by atoms with van der Waals surface area (Å²) in [4.78, 5) is 18.2. The molecule has 0 radical (unpaired) electrons. The highest BCUT2D eigenvalue weighted by Crippen LogP contribution is 2.34. The predicted octanol–water partition coefficient (Wildman–Crippen LogP) is 1.70. The molecule has 0 saturated heterocycles. The Morgan fingerprint density at radius 3 is 2.85 bits per heavy atom. The lowest BCUT2D eigenvalue weighted by atomic mass is 10.1. The molecule has 27 heavy (non-hydrogen) atoms. The van der Waals surface area contributed by atoms with Crippen LogP contribution in [0, 0.1) is 6.92 Å². The first-order valence-corrected chi connectivity index (χ1v) is 10.6. The largest absolute Gasteiger partial charge is 0.309 e. The normalized spacial score (nSPS) is 21.8. The molecular formula is C18H23N5O3S. The lowest BCUT2D eigenvalue weighted by molar-refractivity contribution is -0.116. The van der Waals surface area contributed by atoms with Gasteiger partial charge in [0.1, 0.15) is 11.6 Å². The molecule has 3 heterocycles. The molecular weight excluding hydrogens is 366 g/mol. The maximum atomic E-state index is 13.0. The number of carbonyl (C=O) groups excluding carboxylic acids is 1. The Balaban J connectivity index is 1.63. The van der Waals surface area contributed by atoms with Crippen molar-refractivity contribution in [3.8, 4) is 0 Å². The van der Waals surface area contributed by atoms with E-state index in [1.807, 2.05) is 6.92 Å². The summed E-state index contributed by atoms with van der Waals surface area (Å²) in [5, 5.41) is 4.32. The van der Waals surface area contributed by atoms with Gasteiger partial charge in [-0.1, -0.05) is 0 Å². The van der Waals surface area contributed by atoms with Crippen LogP contribution in [0.1, 0.15) is 49.9 Å². The van der Waals surface area contributed by atoms with Crippen LogP contribution in [-0.4, -0.2) is 35.1 Å². The minimum atomic E-state index is -3.70. The van der Waals surface area contributed by atoms with Crippen molar-refractivity contribution in [1.82, 2.24) is 19.5 Å². The van der Waals surface area contributed by atoms with Crippen LogP contribution in [0.15, 0.2) is 23.1 Å². The van der Waals surface area contributed by atoms with Gasteiger partial charge in [0.15, 0.2) is 0 Å². The minimum absolute atomic E-state index is 0.0308. The highest BCUT2D eigenvalue weighted by atomic mass is 32.2. The van der Waals surface area contributed by atoms with Crippen LogP contribution in [0.4, 0.5) is 5.69 Å². The van der Waals surface area contributed by atoms with E-state index in [0.29, 0.717) is 24.5 Å². The van der Waals surface area contributed by atoms with E-state index in [0.717, 1.165) is 24.2 Å². The van der Waals surface area contributed by atoms with E-state index in [1.165, 1.54) is 6.92 Å². The average molecular weight is 389 g/mol. The van der Waals surface area contributed by atoms with Crippen LogP contribution in [0.25, 0.3) is 0 Å². The summed E-state index contributed by atoms with van der Waals surface area (Å²) in [5.41, 5.74) is 1.67. The Morgan fingerprint density at radius 1 is 1.33 bits per heavy atom. The van der Waals surface area contributed by atoms with Gasteiger partial charge < -0.3 is 4.90 Å². The highest BCUT2D eigenvalue weighted by molar-refractivity contribution is 7.89. The van der Waals surface area contributed by atoms with E-state index in [2.05, 4.69) is 14.8 Å². The number of rotatable bonds is 3. The second-order valence-corrected chi connectivity index (χ2v) is 9.00. The smallest absolute Gasteiger partial charge is 0.241 e. The van der Waals surface area contributed by atoms with Gasteiger partial charge in [0.2, 0.25) is 15.9 Å². The maximum absolute atomic E-state index is 13.0. The van der Waals surface area contributed by atoms with Crippen LogP contribution < -0.4 is 9.62 Å². The summed E-state index contributed by atoms with van der Waals surface area (Å²) in [7, 11) is -3.70. The Labute approximate surface area is 158 Å². The summed E-state index contributed by atoms with van der Waals surface area (Å²) in [6.45, 7) is 6.05. The number of fused-ring (bicyclic) bond motifs is 2. The van der Waals surface area contributed by atoms with E-state index < -0.39 is 10.0 Å². The van der Waals surface area contributed by atoms with Gasteiger partial charge in [-0.2, -0.15) is 5.10 Å². The summed E-state index contributed by atoms with van der Waals surface area (Å²) >= 11 is 0. The number of sulfonamides is 1. The second-order valence-electron chi connectivity index (χ2n) is 7.29. The summed E-state index contributed by atoms with van der Waals surface area (Å²) in [6, 6.07) is 4.61. The number of aryl methyl sites for hydroxylation is 2. The Hall–Kier alpha value is -2.26. The summed E-state index contributed by atoms with van der Waals surface area (Å²) < 4.78 is 30.5. The first-order valence-electron chi connectivity index (χ1n) is 9.12. The molecule has 1 aromatic heterocycles. The van der Waals surface area contributed by atoms with E-state index in [4.69, 9.17) is 0 Å². The number of benzene rings is 1. The monoisotopic (exact) mass is 389 g/mol. The van der Waals surface area contributed by atoms with Gasteiger partial charge in [-0.15, -0.1) is 0 Å². The van der Waals surface area contributed by atoms with E-state index in [9.17, 15) is 13.2 Å². The molecule has 2 atom stereocenters. The van der Waals surface area contributed by atoms with Gasteiger partial charge in [0.25, 0.3) is 0 Å². The first kappa shape index (κ1) is 18.1. The SMILES string of the molecule is CC(=O)N1c2ccc(S(=O)(=O)N[C@H]3CCCn4nc(C)nc43)cc2C[C@H]1C. The van der Waals surface area contributed by atoms with Gasteiger partial charge in [0.05, 0.1) is 10.9 Å². The molecule has 0 bridgehead atoms. The molecule has 0 spiro atoms. The number of nitrogens with zero attached hydrogens (tertiary/aromatic N) is 4. The first-order chi connectivity index (χ1) is 12.8. The fourth-order valence-corrected chi connectivity index (χ4v) is 5.37. The standard InChI is InChI=1S/C18H23N5O3S/c1-11-9-14-10-15(6-7-17(14)23(11)13(3)24)27(25,26)21-16-5-4-8-22-18(16)19-12(2)20-22/h6-7,10-11,16,21H,4-5,8-9H2,1-3H3/t11-,16+/m1/s1. The highest BCUT2D eigenvalue weighted by Gasteiger charge is 2.32. The van der Waals surface area contributed by atoms with Crippen molar-refractivity contribution < 1.29 is 13.2 Å². The summed E-state index contributed by atoms with van der Waals surface area (Å²) in [5.74, 6) is 1.28. The molecule has 8 nitrogen and oxygen atoms in total. The molecule has 0 unspecified atom stereocenters. The molecule has 0 fully saturated rings. The van der Waals surface area contributed by atoms with Crippen molar-refractivity contribution in [1.29, 1.82) is 0 Å². The topological polar surface area (TPSA) is 97.2 Å². The van der Waals surface area contributed by atoms with Crippen LogP contribution in [-0.2, 0) is 27.8 Å². The third kappa shape index (κ3) is 3.14. The van der Waals surface area contributed by atoms with Crippen molar-refractivity contribution in [2.75, 3.05) is 4.90 Å². The molecule has 144 valence electrons. The molecule has 1 aromatic carbocycles. The van der Waals surface area contributed by atoms with Gasteiger partial charge in [-0.3, -0.25) is 4.79 Å². The van der Waals surface area contributed by atoms with Crippen LogP contribution in [0.2, 0.25) is 0 Å². The predicted molar refractivity (Wildman–Crippen MR) is 99.8 cm³/mol. The number of carbonyl (C=O) groups is 1. The zero-order valence-corrected chi connectivity index (χ0v) is 16.5. The molecule has 0 aliphatic carbocycles. The van der Waals surface area contributed by atoms with Crippen molar-refractivity contribution in [2.45, 2.75) is 63.6 Å². The Bertz CT molecular complexity index is 1010. The molecule has 2 aliphatic rings. The fraction of sp³-hybridized carbons (Fsp3) is 0.500. The quantitative estimate of drug-likeness (QED) is 0.862. The number of aromatic nitrogens is 3. The Morgan fingerprint density at radius 2 is 2.11 bits per heavy atom. The van der Waals surface area contributed by atoms with Gasteiger partial charge in [-0.25, -0.2) is 22.8 Å². The van der Waals surface area contributed by atoms with E-state index in [-0.39, 0.29) is 22.9 Å². The number of nitrogens with one attached hydrogen (secondary N) is 1. The minimum Gasteiger partial charge on any atom is -0.309 e. The molecule has 4 rings (SSSR count).